The van der Waals surface area contributed by atoms with Crippen LogP contribution in [-0.2, 0) is 6.54 Å². The molecule has 2 aromatic heterocycles. The Hall–Kier alpha value is -1.53. The summed E-state index contributed by atoms with van der Waals surface area (Å²) in [6.45, 7) is 11.1. The molecule has 2 heterocycles. The zero-order valence-electron chi connectivity index (χ0n) is 13.1. The third kappa shape index (κ3) is 5.40. The third-order valence-electron chi connectivity index (χ3n) is 2.65. The summed E-state index contributed by atoms with van der Waals surface area (Å²) in [5, 5.41) is 4.76. The summed E-state index contributed by atoms with van der Waals surface area (Å²) in [5.74, 6) is 0. The van der Waals surface area contributed by atoms with Gasteiger partial charge in [-0.05, 0) is 52.4 Å². The minimum absolute atomic E-state index is 0.0837. The fourth-order valence-corrected chi connectivity index (χ4v) is 2.43. The molecule has 0 fully saturated rings. The van der Waals surface area contributed by atoms with E-state index in [1.807, 2.05) is 32.3 Å². The smallest absolute Gasteiger partial charge is 0.195 e. The summed E-state index contributed by atoms with van der Waals surface area (Å²) in [4.78, 5) is 17.5. The molecule has 0 unspecified atom stereocenters. The van der Waals surface area contributed by atoms with Crippen molar-refractivity contribution >= 4 is 11.8 Å². The van der Waals surface area contributed by atoms with Crippen molar-refractivity contribution in [2.75, 3.05) is 0 Å². The van der Waals surface area contributed by atoms with Crippen molar-refractivity contribution in [1.29, 1.82) is 0 Å². The first-order valence-electron chi connectivity index (χ1n) is 6.88. The predicted octanol–water partition coefficient (Wildman–Crippen LogP) is 2.92. The summed E-state index contributed by atoms with van der Waals surface area (Å²) in [7, 11) is 0. The van der Waals surface area contributed by atoms with Crippen LogP contribution in [0.25, 0.3) is 0 Å². The van der Waals surface area contributed by atoms with Crippen LogP contribution in [0.15, 0.2) is 28.8 Å². The summed E-state index contributed by atoms with van der Waals surface area (Å²) in [6, 6.07) is 1.95. The highest BCUT2D eigenvalue weighted by Gasteiger charge is 2.09. The van der Waals surface area contributed by atoms with E-state index in [0.29, 0.717) is 10.3 Å². The maximum absolute atomic E-state index is 4.38. The molecule has 0 saturated heterocycles. The first-order valence-corrected chi connectivity index (χ1v) is 7.69. The van der Waals surface area contributed by atoms with Crippen LogP contribution in [0.4, 0.5) is 0 Å². The van der Waals surface area contributed by atoms with Gasteiger partial charge in [0.25, 0.3) is 0 Å². The Morgan fingerprint density at radius 2 is 1.57 bits per heavy atom. The maximum atomic E-state index is 4.38. The molecule has 0 bridgehead atoms. The Kier molecular flexibility index (Phi) is 4.90. The minimum Gasteiger partial charge on any atom is -0.308 e. The monoisotopic (exact) mass is 303 g/mol. The number of aromatic nitrogens is 4. The van der Waals surface area contributed by atoms with Gasteiger partial charge < -0.3 is 5.32 Å². The normalized spacial score (nSPS) is 11.7. The summed E-state index contributed by atoms with van der Waals surface area (Å²) >= 11 is 1.38. The molecule has 5 nitrogen and oxygen atoms in total. The first kappa shape index (κ1) is 15.9. The molecule has 0 aliphatic carbocycles. The zero-order chi connectivity index (χ0) is 15.5. The maximum Gasteiger partial charge on any atom is 0.195 e. The van der Waals surface area contributed by atoms with Gasteiger partial charge in [-0.1, -0.05) is 0 Å². The number of rotatable bonds is 4. The van der Waals surface area contributed by atoms with E-state index < -0.39 is 0 Å². The topological polar surface area (TPSA) is 63.6 Å². The van der Waals surface area contributed by atoms with Crippen LogP contribution >= 0.6 is 11.8 Å². The predicted molar refractivity (Wildman–Crippen MR) is 84.3 cm³/mol. The molecule has 0 aliphatic heterocycles. The van der Waals surface area contributed by atoms with E-state index >= 15 is 0 Å². The summed E-state index contributed by atoms with van der Waals surface area (Å²) in [5.41, 5.74) is 3.06. The van der Waals surface area contributed by atoms with Crippen LogP contribution in [0.5, 0.6) is 0 Å². The largest absolute Gasteiger partial charge is 0.308 e. The fraction of sp³-hybridized carbons (Fsp3) is 0.467. The van der Waals surface area contributed by atoms with Gasteiger partial charge >= 0.3 is 0 Å². The number of aryl methyl sites for hydroxylation is 2. The van der Waals surface area contributed by atoms with Crippen LogP contribution < -0.4 is 5.32 Å². The van der Waals surface area contributed by atoms with Crippen LogP contribution in [-0.4, -0.2) is 25.5 Å². The molecule has 0 atom stereocenters. The van der Waals surface area contributed by atoms with Crippen LogP contribution in [0.3, 0.4) is 0 Å². The van der Waals surface area contributed by atoms with E-state index in [1.165, 1.54) is 11.8 Å². The minimum atomic E-state index is 0.0837. The average Bonchev–Trinajstić information content (AvgIpc) is 2.36. The van der Waals surface area contributed by atoms with Gasteiger partial charge in [-0.25, -0.2) is 19.9 Å². The van der Waals surface area contributed by atoms with Crippen molar-refractivity contribution in [3.05, 3.63) is 35.4 Å². The lowest BCUT2D eigenvalue weighted by molar-refractivity contribution is 0.423. The van der Waals surface area contributed by atoms with Gasteiger partial charge in [0, 0.05) is 41.4 Å². The Balaban J connectivity index is 2.02. The van der Waals surface area contributed by atoms with Crippen LogP contribution in [0.2, 0.25) is 0 Å². The second-order valence-corrected chi connectivity index (χ2v) is 6.95. The molecular weight excluding hydrogens is 282 g/mol. The molecule has 112 valence electrons. The molecule has 2 rings (SSSR count). The Morgan fingerprint density at radius 3 is 2.10 bits per heavy atom. The van der Waals surface area contributed by atoms with E-state index in [1.54, 1.807) is 0 Å². The summed E-state index contributed by atoms with van der Waals surface area (Å²) in [6.07, 6.45) is 3.69. The lowest BCUT2D eigenvalue weighted by Crippen LogP contribution is -2.35. The highest BCUT2D eigenvalue weighted by atomic mass is 32.2. The van der Waals surface area contributed by atoms with Gasteiger partial charge in [0.05, 0.1) is 0 Å². The molecule has 0 aromatic carbocycles. The zero-order valence-corrected chi connectivity index (χ0v) is 14.0. The van der Waals surface area contributed by atoms with E-state index in [-0.39, 0.29) is 5.54 Å². The molecule has 2 aromatic rings. The standard InChI is InChI=1S/C15H21N5S/c1-10-6-11(2)20-14(19-10)21-13-16-7-12(8-17-13)9-18-15(3,4)5/h6-8,18H,9H2,1-5H3. The Morgan fingerprint density at radius 1 is 1.00 bits per heavy atom. The van der Waals surface area contributed by atoms with Gasteiger partial charge in [0.2, 0.25) is 0 Å². The fourth-order valence-electron chi connectivity index (χ4n) is 1.68. The van der Waals surface area contributed by atoms with Crippen molar-refractivity contribution in [3.63, 3.8) is 0 Å². The first-order chi connectivity index (χ1) is 9.82. The van der Waals surface area contributed by atoms with E-state index in [2.05, 4.69) is 46.0 Å². The van der Waals surface area contributed by atoms with Crippen LogP contribution in [0.1, 0.15) is 37.7 Å². The second-order valence-electron chi connectivity index (χ2n) is 6.01. The van der Waals surface area contributed by atoms with Crippen molar-refractivity contribution in [2.24, 2.45) is 0 Å². The quantitative estimate of drug-likeness (QED) is 0.876. The van der Waals surface area contributed by atoms with Crippen molar-refractivity contribution in [2.45, 2.75) is 57.0 Å². The molecule has 0 spiro atoms. The third-order valence-corrected chi connectivity index (χ3v) is 3.41. The van der Waals surface area contributed by atoms with Crippen molar-refractivity contribution < 1.29 is 0 Å². The van der Waals surface area contributed by atoms with Gasteiger partial charge in [-0.15, -0.1) is 0 Å². The number of hydrogen-bond donors (Lipinski definition) is 1. The highest BCUT2D eigenvalue weighted by molar-refractivity contribution is 7.99. The summed E-state index contributed by atoms with van der Waals surface area (Å²) < 4.78 is 0. The number of nitrogens with zero attached hydrogens (tertiary/aromatic N) is 4. The molecule has 0 amide bonds. The molecular formula is C15H21N5S. The molecule has 6 heteroatoms. The Labute approximate surface area is 130 Å². The van der Waals surface area contributed by atoms with Gasteiger partial charge in [-0.3, -0.25) is 0 Å². The number of hydrogen-bond acceptors (Lipinski definition) is 6. The SMILES string of the molecule is Cc1cc(C)nc(Sc2ncc(CNC(C)(C)C)cn2)n1. The molecule has 0 aliphatic rings. The highest BCUT2D eigenvalue weighted by Crippen LogP contribution is 2.21. The second kappa shape index (κ2) is 6.49. The van der Waals surface area contributed by atoms with E-state index in [9.17, 15) is 0 Å². The van der Waals surface area contributed by atoms with Gasteiger partial charge in [0.15, 0.2) is 10.3 Å². The lowest BCUT2D eigenvalue weighted by Gasteiger charge is -2.20. The molecule has 1 N–H and O–H groups in total. The lowest BCUT2D eigenvalue weighted by atomic mass is 10.1. The van der Waals surface area contributed by atoms with Crippen molar-refractivity contribution in [1.82, 2.24) is 25.3 Å². The molecule has 0 saturated carbocycles. The van der Waals surface area contributed by atoms with Gasteiger partial charge in [0.1, 0.15) is 0 Å². The molecule has 0 radical (unpaired) electrons. The number of nitrogens with one attached hydrogen (secondary N) is 1. The van der Waals surface area contributed by atoms with Gasteiger partial charge in [-0.2, -0.15) is 0 Å². The van der Waals surface area contributed by atoms with Crippen molar-refractivity contribution in [3.8, 4) is 0 Å². The molecule has 21 heavy (non-hydrogen) atoms. The average molecular weight is 303 g/mol. The van der Waals surface area contributed by atoms with E-state index in [4.69, 9.17) is 0 Å². The van der Waals surface area contributed by atoms with Crippen LogP contribution in [0, 0.1) is 13.8 Å². The van der Waals surface area contributed by atoms with E-state index in [0.717, 1.165) is 23.5 Å². The Bertz CT molecular complexity index is 584.